The minimum atomic E-state index is -0.842. The second-order valence-electron chi connectivity index (χ2n) is 6.50. The summed E-state index contributed by atoms with van der Waals surface area (Å²) < 4.78 is 33.0. The summed E-state index contributed by atoms with van der Waals surface area (Å²) in [4.78, 5) is 0. The molecule has 0 radical (unpaired) electrons. The van der Waals surface area contributed by atoms with Crippen LogP contribution in [-0.2, 0) is 6.42 Å². The molecule has 0 atom stereocenters. The second-order valence-corrected chi connectivity index (χ2v) is 6.50. The Balaban J connectivity index is 1.86. The summed E-state index contributed by atoms with van der Waals surface area (Å²) >= 11 is 0. The van der Waals surface area contributed by atoms with Crippen LogP contribution in [0.4, 0.5) is 8.78 Å². The number of ether oxygens (including phenoxy) is 1. The first-order chi connectivity index (χ1) is 10.7. The third-order valence-electron chi connectivity index (χ3n) is 4.91. The van der Waals surface area contributed by atoms with Crippen molar-refractivity contribution in [2.75, 3.05) is 6.61 Å². The molecule has 1 nitrogen and oxygen atoms in total. The molecule has 0 amide bonds. The van der Waals surface area contributed by atoms with Crippen LogP contribution >= 0.6 is 0 Å². The summed E-state index contributed by atoms with van der Waals surface area (Å²) in [7, 11) is 0. The third-order valence-corrected chi connectivity index (χ3v) is 4.91. The molecule has 0 heterocycles. The molecule has 3 heteroatoms. The normalized spacial score (nSPS) is 21.8. The third kappa shape index (κ3) is 4.44. The molecule has 0 aliphatic heterocycles. The van der Waals surface area contributed by atoms with E-state index in [0.717, 1.165) is 12.3 Å². The van der Waals surface area contributed by atoms with E-state index in [1.54, 1.807) is 19.1 Å². The standard InChI is InChI=1S/C19H28F2O/c1-3-5-14-6-8-15(9-7-14)10-11-16-12-13-17(22-4-2)19(21)18(16)20/h12-15H,3-11H2,1-2H3. The molecule has 1 aliphatic rings. The van der Waals surface area contributed by atoms with Gasteiger partial charge < -0.3 is 4.74 Å². The first-order valence-corrected chi connectivity index (χ1v) is 8.75. The van der Waals surface area contributed by atoms with Crippen LogP contribution in [0.25, 0.3) is 0 Å². The van der Waals surface area contributed by atoms with Crippen molar-refractivity contribution in [3.05, 3.63) is 29.3 Å². The van der Waals surface area contributed by atoms with E-state index < -0.39 is 11.6 Å². The second kappa shape index (κ2) is 8.50. The molecule has 22 heavy (non-hydrogen) atoms. The van der Waals surface area contributed by atoms with E-state index in [1.807, 2.05) is 0 Å². The molecule has 0 N–H and O–H groups in total. The fourth-order valence-corrected chi connectivity index (χ4v) is 3.61. The Labute approximate surface area is 133 Å². The number of hydrogen-bond donors (Lipinski definition) is 0. The average Bonchev–Trinajstić information content (AvgIpc) is 2.53. The van der Waals surface area contributed by atoms with Gasteiger partial charge >= 0.3 is 0 Å². The zero-order valence-electron chi connectivity index (χ0n) is 13.8. The van der Waals surface area contributed by atoms with Gasteiger partial charge in [0.15, 0.2) is 11.6 Å². The van der Waals surface area contributed by atoms with Gasteiger partial charge in [-0.3, -0.25) is 0 Å². The molecule has 2 rings (SSSR count). The van der Waals surface area contributed by atoms with E-state index in [-0.39, 0.29) is 5.75 Å². The predicted octanol–water partition coefficient (Wildman–Crippen LogP) is 5.90. The summed E-state index contributed by atoms with van der Waals surface area (Å²) in [6.07, 6.45) is 9.29. The number of rotatable bonds is 7. The lowest BCUT2D eigenvalue weighted by atomic mass is 9.78. The molecule has 1 aromatic rings. The molecular formula is C19H28F2O. The molecule has 1 aliphatic carbocycles. The van der Waals surface area contributed by atoms with Crippen LogP contribution < -0.4 is 4.74 Å². The topological polar surface area (TPSA) is 9.23 Å². The Bertz CT molecular complexity index is 465. The van der Waals surface area contributed by atoms with Gasteiger partial charge in [-0.05, 0) is 43.2 Å². The Kier molecular flexibility index (Phi) is 6.66. The zero-order chi connectivity index (χ0) is 15.9. The van der Waals surface area contributed by atoms with Crippen LogP contribution in [-0.4, -0.2) is 6.61 Å². The Hall–Kier alpha value is -1.12. The molecular weight excluding hydrogens is 282 g/mol. The molecule has 0 spiro atoms. The number of aryl methyl sites for hydroxylation is 1. The minimum absolute atomic E-state index is 0.0174. The van der Waals surface area contributed by atoms with Crippen molar-refractivity contribution in [3.63, 3.8) is 0 Å². The highest BCUT2D eigenvalue weighted by atomic mass is 19.2. The van der Waals surface area contributed by atoms with Gasteiger partial charge in [0, 0.05) is 0 Å². The van der Waals surface area contributed by atoms with Gasteiger partial charge in [-0.1, -0.05) is 51.5 Å². The van der Waals surface area contributed by atoms with Crippen LogP contribution in [0.2, 0.25) is 0 Å². The van der Waals surface area contributed by atoms with Gasteiger partial charge in [0.05, 0.1) is 6.61 Å². The summed E-state index contributed by atoms with van der Waals surface area (Å²) in [6.45, 7) is 4.35. The lowest BCUT2D eigenvalue weighted by Gasteiger charge is -2.28. The van der Waals surface area contributed by atoms with Crippen LogP contribution in [0.5, 0.6) is 5.75 Å². The smallest absolute Gasteiger partial charge is 0.200 e. The van der Waals surface area contributed by atoms with Gasteiger partial charge in [-0.2, -0.15) is 4.39 Å². The maximum Gasteiger partial charge on any atom is 0.200 e. The van der Waals surface area contributed by atoms with Gasteiger partial charge in [0.2, 0.25) is 5.82 Å². The average molecular weight is 310 g/mol. The largest absolute Gasteiger partial charge is 0.491 e. The molecule has 0 aromatic heterocycles. The molecule has 1 fully saturated rings. The highest BCUT2D eigenvalue weighted by molar-refractivity contribution is 5.31. The van der Waals surface area contributed by atoms with Gasteiger partial charge in [-0.25, -0.2) is 4.39 Å². The first-order valence-electron chi connectivity index (χ1n) is 8.75. The molecule has 124 valence electrons. The fraction of sp³-hybridized carbons (Fsp3) is 0.684. The van der Waals surface area contributed by atoms with Crippen molar-refractivity contribution in [3.8, 4) is 5.75 Å². The van der Waals surface area contributed by atoms with Crippen molar-refractivity contribution in [1.82, 2.24) is 0 Å². The van der Waals surface area contributed by atoms with Crippen LogP contribution in [0.1, 0.15) is 64.4 Å². The molecule has 0 bridgehead atoms. The van der Waals surface area contributed by atoms with E-state index in [2.05, 4.69) is 6.92 Å². The summed E-state index contributed by atoms with van der Waals surface area (Å²) in [6, 6.07) is 3.22. The van der Waals surface area contributed by atoms with Gasteiger partial charge in [0.25, 0.3) is 0 Å². The minimum Gasteiger partial charge on any atom is -0.491 e. The summed E-state index contributed by atoms with van der Waals surface area (Å²) in [5, 5.41) is 0. The summed E-state index contributed by atoms with van der Waals surface area (Å²) in [5.41, 5.74) is 0.483. The van der Waals surface area contributed by atoms with Crippen LogP contribution in [0, 0.1) is 23.5 Å². The van der Waals surface area contributed by atoms with Crippen molar-refractivity contribution in [2.24, 2.45) is 11.8 Å². The SMILES string of the molecule is CCCC1CCC(CCc2ccc(OCC)c(F)c2F)CC1. The molecule has 1 saturated carbocycles. The Morgan fingerprint density at radius 2 is 1.59 bits per heavy atom. The van der Waals surface area contributed by atoms with Gasteiger partial charge in [0.1, 0.15) is 0 Å². The molecule has 0 saturated heterocycles. The van der Waals surface area contributed by atoms with E-state index in [9.17, 15) is 8.78 Å². The van der Waals surface area contributed by atoms with Crippen molar-refractivity contribution in [2.45, 2.75) is 65.2 Å². The Morgan fingerprint density at radius 3 is 2.18 bits per heavy atom. The number of benzene rings is 1. The van der Waals surface area contributed by atoms with Crippen LogP contribution in [0.3, 0.4) is 0 Å². The highest BCUT2D eigenvalue weighted by Gasteiger charge is 2.21. The van der Waals surface area contributed by atoms with E-state index in [4.69, 9.17) is 4.74 Å². The van der Waals surface area contributed by atoms with Crippen molar-refractivity contribution in [1.29, 1.82) is 0 Å². The fourth-order valence-electron chi connectivity index (χ4n) is 3.61. The quantitative estimate of drug-likeness (QED) is 0.609. The van der Waals surface area contributed by atoms with Crippen LogP contribution in [0.15, 0.2) is 12.1 Å². The maximum absolute atomic E-state index is 14.0. The van der Waals surface area contributed by atoms with Crippen molar-refractivity contribution >= 4 is 0 Å². The Morgan fingerprint density at radius 1 is 0.955 bits per heavy atom. The summed E-state index contributed by atoms with van der Waals surface area (Å²) in [5.74, 6) is 0.00323. The van der Waals surface area contributed by atoms with E-state index in [0.29, 0.717) is 24.5 Å². The zero-order valence-corrected chi connectivity index (χ0v) is 13.8. The molecule has 0 unspecified atom stereocenters. The number of halogens is 2. The highest BCUT2D eigenvalue weighted by Crippen LogP contribution is 2.34. The number of hydrogen-bond acceptors (Lipinski definition) is 1. The lowest BCUT2D eigenvalue weighted by molar-refractivity contribution is 0.251. The molecule has 1 aromatic carbocycles. The first kappa shape index (κ1) is 17.2. The van der Waals surface area contributed by atoms with E-state index in [1.165, 1.54) is 38.5 Å². The van der Waals surface area contributed by atoms with Crippen molar-refractivity contribution < 1.29 is 13.5 Å². The van der Waals surface area contributed by atoms with E-state index >= 15 is 0 Å². The monoisotopic (exact) mass is 310 g/mol. The predicted molar refractivity (Wildman–Crippen MR) is 86.2 cm³/mol. The maximum atomic E-state index is 14.0. The van der Waals surface area contributed by atoms with Gasteiger partial charge in [-0.15, -0.1) is 0 Å². The lowest BCUT2D eigenvalue weighted by Crippen LogP contribution is -2.15.